The molecule has 0 radical (unpaired) electrons. The molecule has 0 saturated carbocycles. The van der Waals surface area contributed by atoms with Crippen molar-refractivity contribution >= 4 is 11.6 Å². The van der Waals surface area contributed by atoms with Crippen LogP contribution in [0.2, 0.25) is 0 Å². The maximum absolute atomic E-state index is 13.3. The van der Waals surface area contributed by atoms with Crippen molar-refractivity contribution in [1.82, 2.24) is 0 Å². The molecule has 1 amide bonds. The zero-order valence-corrected chi connectivity index (χ0v) is 20.8. The highest BCUT2D eigenvalue weighted by molar-refractivity contribution is 6.04. The standard InChI is InChI=1S/C28H38F3NO3/c1-3-5-7-9-11-26(28(29,30)31)35-21-22-12-14-23(15-13-22)27(33)32-24-16-18-25(19-17-24)34-20-10-8-6-4-2/h12-19,26H,3-11,20-21H2,1-2H3,(H,32,33). The molecule has 0 aliphatic rings. The van der Waals surface area contributed by atoms with Gasteiger partial charge in [0.25, 0.3) is 5.91 Å². The Bertz CT molecular complexity index is 851. The second-order valence-electron chi connectivity index (χ2n) is 8.78. The first-order valence-corrected chi connectivity index (χ1v) is 12.6. The van der Waals surface area contributed by atoms with E-state index < -0.39 is 12.3 Å². The summed E-state index contributed by atoms with van der Waals surface area (Å²) in [5.41, 5.74) is 1.64. The van der Waals surface area contributed by atoms with Crippen LogP contribution >= 0.6 is 0 Å². The number of nitrogens with one attached hydrogen (secondary N) is 1. The van der Waals surface area contributed by atoms with Crippen LogP contribution < -0.4 is 10.1 Å². The molecular formula is C28H38F3NO3. The molecule has 0 bridgehead atoms. The number of rotatable bonds is 16. The number of amides is 1. The van der Waals surface area contributed by atoms with Crippen molar-refractivity contribution in [3.8, 4) is 5.75 Å². The molecule has 2 rings (SSSR count). The summed E-state index contributed by atoms with van der Waals surface area (Å²) in [5.74, 6) is 0.459. The highest BCUT2D eigenvalue weighted by Crippen LogP contribution is 2.28. The van der Waals surface area contributed by atoms with E-state index in [0.717, 1.165) is 37.9 Å². The number of hydrogen-bond donors (Lipinski definition) is 1. The van der Waals surface area contributed by atoms with Crippen LogP contribution in [0.3, 0.4) is 0 Å². The Hall–Kier alpha value is -2.54. The topological polar surface area (TPSA) is 47.6 Å². The smallest absolute Gasteiger partial charge is 0.414 e. The molecular weight excluding hydrogens is 455 g/mol. The molecule has 194 valence electrons. The summed E-state index contributed by atoms with van der Waals surface area (Å²) in [6.07, 6.45) is 1.51. The molecule has 0 aromatic heterocycles. The second-order valence-corrected chi connectivity index (χ2v) is 8.78. The van der Waals surface area contributed by atoms with E-state index in [1.165, 1.54) is 12.8 Å². The maximum Gasteiger partial charge on any atom is 0.414 e. The van der Waals surface area contributed by atoms with E-state index in [-0.39, 0.29) is 18.9 Å². The third-order valence-electron chi connectivity index (χ3n) is 5.73. The number of hydrogen-bond acceptors (Lipinski definition) is 3. The third kappa shape index (κ3) is 11.2. The Morgan fingerprint density at radius 1 is 0.857 bits per heavy atom. The molecule has 1 N–H and O–H groups in total. The van der Waals surface area contributed by atoms with Gasteiger partial charge in [-0.05, 0) is 54.8 Å². The summed E-state index contributed by atoms with van der Waals surface area (Å²) in [6, 6.07) is 13.6. The summed E-state index contributed by atoms with van der Waals surface area (Å²) in [4.78, 5) is 12.5. The van der Waals surface area contributed by atoms with Gasteiger partial charge in [0.2, 0.25) is 0 Å². The lowest BCUT2D eigenvalue weighted by atomic mass is 10.1. The summed E-state index contributed by atoms with van der Waals surface area (Å²) in [6.45, 7) is 4.70. The van der Waals surface area contributed by atoms with E-state index in [2.05, 4.69) is 12.2 Å². The van der Waals surface area contributed by atoms with Gasteiger partial charge in [-0.1, -0.05) is 70.9 Å². The fourth-order valence-corrected chi connectivity index (χ4v) is 3.60. The molecule has 0 fully saturated rings. The zero-order chi connectivity index (χ0) is 25.5. The molecule has 0 heterocycles. The van der Waals surface area contributed by atoms with Crippen LogP contribution in [0.15, 0.2) is 48.5 Å². The highest BCUT2D eigenvalue weighted by atomic mass is 19.4. The van der Waals surface area contributed by atoms with Gasteiger partial charge in [0.15, 0.2) is 6.10 Å². The summed E-state index contributed by atoms with van der Waals surface area (Å²) in [5, 5.41) is 2.82. The predicted molar refractivity (Wildman–Crippen MR) is 134 cm³/mol. The first-order chi connectivity index (χ1) is 16.8. The number of alkyl halides is 3. The van der Waals surface area contributed by atoms with Crippen LogP contribution in [0.1, 0.15) is 87.6 Å². The molecule has 2 aromatic carbocycles. The minimum atomic E-state index is -4.39. The molecule has 1 unspecified atom stereocenters. The monoisotopic (exact) mass is 493 g/mol. The normalized spacial score (nSPS) is 12.4. The van der Waals surface area contributed by atoms with Crippen molar-refractivity contribution in [2.75, 3.05) is 11.9 Å². The van der Waals surface area contributed by atoms with Gasteiger partial charge in [-0.15, -0.1) is 0 Å². The first kappa shape index (κ1) is 28.7. The molecule has 1 atom stereocenters. The van der Waals surface area contributed by atoms with Crippen molar-refractivity contribution in [2.45, 2.75) is 90.5 Å². The number of ether oxygens (including phenoxy) is 2. The van der Waals surface area contributed by atoms with E-state index in [4.69, 9.17) is 9.47 Å². The number of carbonyl (C=O) groups is 1. The van der Waals surface area contributed by atoms with Crippen molar-refractivity contribution < 1.29 is 27.4 Å². The number of unbranched alkanes of at least 4 members (excludes halogenated alkanes) is 6. The molecule has 35 heavy (non-hydrogen) atoms. The molecule has 0 aliphatic heterocycles. The maximum atomic E-state index is 13.3. The van der Waals surface area contributed by atoms with E-state index in [0.29, 0.717) is 29.8 Å². The van der Waals surface area contributed by atoms with Gasteiger partial charge in [-0.25, -0.2) is 0 Å². The van der Waals surface area contributed by atoms with Crippen LogP contribution in [0.5, 0.6) is 5.75 Å². The molecule has 0 aliphatic carbocycles. The Morgan fingerprint density at radius 2 is 1.49 bits per heavy atom. The van der Waals surface area contributed by atoms with Gasteiger partial charge < -0.3 is 14.8 Å². The van der Waals surface area contributed by atoms with Gasteiger partial charge in [-0.3, -0.25) is 4.79 Å². The molecule has 4 nitrogen and oxygen atoms in total. The van der Waals surface area contributed by atoms with Crippen LogP contribution in [0.4, 0.5) is 18.9 Å². The van der Waals surface area contributed by atoms with E-state index in [1.807, 2.05) is 19.1 Å². The summed E-state index contributed by atoms with van der Waals surface area (Å²) < 4.78 is 50.7. The van der Waals surface area contributed by atoms with Crippen molar-refractivity contribution in [3.63, 3.8) is 0 Å². The lowest BCUT2D eigenvalue weighted by molar-refractivity contribution is -0.225. The minimum absolute atomic E-state index is 0.0350. The quantitative estimate of drug-likeness (QED) is 0.239. The molecule has 7 heteroatoms. The molecule has 0 spiro atoms. The fraction of sp³-hybridized carbons (Fsp3) is 0.536. The highest BCUT2D eigenvalue weighted by Gasteiger charge is 2.40. The zero-order valence-electron chi connectivity index (χ0n) is 20.8. The Balaban J connectivity index is 1.82. The lowest BCUT2D eigenvalue weighted by Gasteiger charge is -2.21. The van der Waals surface area contributed by atoms with Crippen LogP contribution in [-0.2, 0) is 11.3 Å². The third-order valence-corrected chi connectivity index (χ3v) is 5.73. The summed E-state index contributed by atoms with van der Waals surface area (Å²) >= 11 is 0. The van der Waals surface area contributed by atoms with Crippen molar-refractivity contribution in [2.24, 2.45) is 0 Å². The van der Waals surface area contributed by atoms with Crippen LogP contribution in [0.25, 0.3) is 0 Å². The van der Waals surface area contributed by atoms with Crippen LogP contribution in [-0.4, -0.2) is 24.8 Å². The average molecular weight is 494 g/mol. The number of anilines is 1. The van der Waals surface area contributed by atoms with Crippen molar-refractivity contribution in [1.29, 1.82) is 0 Å². The SMILES string of the molecule is CCCCCCOc1ccc(NC(=O)c2ccc(COC(CCCCCC)C(F)(F)F)cc2)cc1. The largest absolute Gasteiger partial charge is 0.494 e. The van der Waals surface area contributed by atoms with Crippen LogP contribution in [0, 0.1) is 0 Å². The Morgan fingerprint density at radius 3 is 2.09 bits per heavy atom. The van der Waals surface area contributed by atoms with Gasteiger partial charge in [0.05, 0.1) is 13.2 Å². The number of halogens is 3. The lowest BCUT2D eigenvalue weighted by Crippen LogP contribution is -2.31. The molecule has 2 aromatic rings. The minimum Gasteiger partial charge on any atom is -0.494 e. The first-order valence-electron chi connectivity index (χ1n) is 12.6. The van der Waals surface area contributed by atoms with E-state index >= 15 is 0 Å². The molecule has 0 saturated heterocycles. The predicted octanol–water partition coefficient (Wildman–Crippen LogP) is 8.32. The van der Waals surface area contributed by atoms with E-state index in [1.54, 1.807) is 36.4 Å². The Kier molecular flexibility index (Phi) is 12.7. The number of benzene rings is 2. The van der Waals surface area contributed by atoms with Gasteiger partial charge in [0.1, 0.15) is 5.75 Å². The number of carbonyl (C=O) groups excluding carboxylic acids is 1. The fourth-order valence-electron chi connectivity index (χ4n) is 3.60. The second kappa shape index (κ2) is 15.5. The van der Waals surface area contributed by atoms with Gasteiger partial charge in [0, 0.05) is 11.3 Å². The van der Waals surface area contributed by atoms with Gasteiger partial charge >= 0.3 is 6.18 Å². The van der Waals surface area contributed by atoms with Crippen molar-refractivity contribution in [3.05, 3.63) is 59.7 Å². The Labute approximate surface area is 207 Å². The average Bonchev–Trinajstić information content (AvgIpc) is 2.84. The summed E-state index contributed by atoms with van der Waals surface area (Å²) in [7, 11) is 0. The van der Waals surface area contributed by atoms with E-state index in [9.17, 15) is 18.0 Å². The van der Waals surface area contributed by atoms with Gasteiger partial charge in [-0.2, -0.15) is 13.2 Å².